The SMILES string of the molecule is CC(C)c1cc(Br)c2c(c1)CCC(C1CC1)N2. The molecule has 1 nitrogen and oxygen atoms in total. The van der Waals surface area contributed by atoms with Crippen molar-refractivity contribution in [2.45, 2.75) is 51.5 Å². The first kappa shape index (κ1) is 11.6. The van der Waals surface area contributed by atoms with Crippen molar-refractivity contribution in [3.05, 3.63) is 27.7 Å². The number of rotatable bonds is 2. The molecule has 1 saturated carbocycles. The van der Waals surface area contributed by atoms with Crippen molar-refractivity contribution in [3.8, 4) is 0 Å². The van der Waals surface area contributed by atoms with Gasteiger partial charge in [-0.05, 0) is 70.6 Å². The first-order valence-electron chi connectivity index (χ1n) is 6.74. The minimum atomic E-state index is 0.609. The molecule has 1 N–H and O–H groups in total. The van der Waals surface area contributed by atoms with Gasteiger partial charge in [0.25, 0.3) is 0 Å². The number of halogens is 1. The van der Waals surface area contributed by atoms with Crippen molar-refractivity contribution in [3.63, 3.8) is 0 Å². The molecule has 0 radical (unpaired) electrons. The summed E-state index contributed by atoms with van der Waals surface area (Å²) < 4.78 is 1.25. The summed E-state index contributed by atoms with van der Waals surface area (Å²) in [5.41, 5.74) is 4.31. The highest BCUT2D eigenvalue weighted by molar-refractivity contribution is 9.10. The van der Waals surface area contributed by atoms with E-state index in [9.17, 15) is 0 Å². The molecule has 0 aromatic heterocycles. The van der Waals surface area contributed by atoms with Crippen LogP contribution in [0.25, 0.3) is 0 Å². The quantitative estimate of drug-likeness (QED) is 0.833. The lowest BCUT2D eigenvalue weighted by molar-refractivity contribution is 0.568. The molecule has 2 heteroatoms. The summed E-state index contributed by atoms with van der Waals surface area (Å²) in [6, 6.07) is 5.40. The normalized spacial score (nSPS) is 23.4. The van der Waals surface area contributed by atoms with Gasteiger partial charge in [0.2, 0.25) is 0 Å². The summed E-state index contributed by atoms with van der Waals surface area (Å²) in [6.07, 6.45) is 5.40. The van der Waals surface area contributed by atoms with Gasteiger partial charge in [0.05, 0.1) is 5.69 Å². The lowest BCUT2D eigenvalue weighted by atomic mass is 9.92. The smallest absolute Gasteiger partial charge is 0.0519 e. The van der Waals surface area contributed by atoms with E-state index < -0.39 is 0 Å². The number of hydrogen-bond acceptors (Lipinski definition) is 1. The minimum absolute atomic E-state index is 0.609. The first-order chi connectivity index (χ1) is 8.15. The highest BCUT2D eigenvalue weighted by atomic mass is 79.9. The van der Waals surface area contributed by atoms with Crippen molar-refractivity contribution >= 4 is 21.6 Å². The molecule has 1 fully saturated rings. The molecule has 92 valence electrons. The average molecular weight is 294 g/mol. The van der Waals surface area contributed by atoms with E-state index in [1.807, 2.05) is 0 Å². The molecule has 1 aliphatic heterocycles. The van der Waals surface area contributed by atoms with Crippen molar-refractivity contribution in [1.29, 1.82) is 0 Å². The van der Waals surface area contributed by atoms with E-state index in [4.69, 9.17) is 0 Å². The minimum Gasteiger partial charge on any atom is -0.381 e. The zero-order valence-corrected chi connectivity index (χ0v) is 12.2. The highest BCUT2D eigenvalue weighted by Crippen LogP contribution is 2.42. The third-order valence-corrected chi connectivity index (χ3v) is 4.73. The Morgan fingerprint density at radius 3 is 2.65 bits per heavy atom. The Morgan fingerprint density at radius 2 is 2.00 bits per heavy atom. The molecule has 1 heterocycles. The summed E-state index contributed by atoms with van der Waals surface area (Å²) in [6.45, 7) is 4.52. The van der Waals surface area contributed by atoms with Crippen LogP contribution in [-0.4, -0.2) is 6.04 Å². The molecule has 1 aromatic carbocycles. The Kier molecular flexibility index (Phi) is 2.94. The molecule has 0 bridgehead atoms. The Morgan fingerprint density at radius 1 is 1.24 bits per heavy atom. The number of nitrogens with one attached hydrogen (secondary N) is 1. The lowest BCUT2D eigenvalue weighted by Gasteiger charge is -2.29. The predicted molar refractivity (Wildman–Crippen MR) is 76.7 cm³/mol. The van der Waals surface area contributed by atoms with Crippen LogP contribution in [0, 0.1) is 5.92 Å². The van der Waals surface area contributed by atoms with Crippen molar-refractivity contribution in [2.24, 2.45) is 5.92 Å². The molecular formula is C15H20BrN. The third kappa shape index (κ3) is 2.24. The second kappa shape index (κ2) is 4.31. The summed E-state index contributed by atoms with van der Waals surface area (Å²) in [5, 5.41) is 3.75. The van der Waals surface area contributed by atoms with E-state index in [0.29, 0.717) is 5.92 Å². The van der Waals surface area contributed by atoms with Crippen molar-refractivity contribution in [2.75, 3.05) is 5.32 Å². The Bertz CT molecular complexity index is 435. The molecule has 1 atom stereocenters. The Balaban J connectivity index is 1.92. The van der Waals surface area contributed by atoms with Crippen LogP contribution >= 0.6 is 15.9 Å². The van der Waals surface area contributed by atoms with Crippen LogP contribution in [0.4, 0.5) is 5.69 Å². The fourth-order valence-corrected chi connectivity index (χ4v) is 3.43. The van der Waals surface area contributed by atoms with Crippen LogP contribution in [-0.2, 0) is 6.42 Å². The standard InChI is InChI=1S/C15H20BrN/c1-9(2)12-7-11-5-6-14(10-3-4-10)17-15(11)13(16)8-12/h7-10,14,17H,3-6H2,1-2H3. The van der Waals surface area contributed by atoms with Crippen LogP contribution in [0.15, 0.2) is 16.6 Å². The Labute approximate surface area is 112 Å². The summed E-state index contributed by atoms with van der Waals surface area (Å²) in [5.74, 6) is 1.55. The maximum atomic E-state index is 3.75. The highest BCUT2D eigenvalue weighted by Gasteiger charge is 2.33. The zero-order chi connectivity index (χ0) is 12.0. The van der Waals surface area contributed by atoms with E-state index >= 15 is 0 Å². The van der Waals surface area contributed by atoms with E-state index in [1.54, 1.807) is 0 Å². The van der Waals surface area contributed by atoms with Gasteiger partial charge in [0, 0.05) is 10.5 Å². The summed E-state index contributed by atoms with van der Waals surface area (Å²) >= 11 is 3.74. The van der Waals surface area contributed by atoms with Crippen LogP contribution < -0.4 is 5.32 Å². The summed E-state index contributed by atoms with van der Waals surface area (Å²) in [7, 11) is 0. The van der Waals surface area contributed by atoms with Gasteiger partial charge >= 0.3 is 0 Å². The number of benzene rings is 1. The molecule has 0 spiro atoms. The van der Waals surface area contributed by atoms with Gasteiger partial charge in [-0.15, -0.1) is 0 Å². The number of anilines is 1. The number of hydrogen-bond donors (Lipinski definition) is 1. The molecule has 17 heavy (non-hydrogen) atoms. The maximum Gasteiger partial charge on any atom is 0.0519 e. The van der Waals surface area contributed by atoms with Crippen LogP contribution in [0.1, 0.15) is 50.2 Å². The molecule has 2 aliphatic rings. The first-order valence-corrected chi connectivity index (χ1v) is 7.53. The molecule has 1 aromatic rings. The largest absolute Gasteiger partial charge is 0.381 e. The predicted octanol–water partition coefficient (Wildman–Crippen LogP) is 4.71. The van der Waals surface area contributed by atoms with E-state index in [2.05, 4.69) is 47.2 Å². The van der Waals surface area contributed by atoms with Crippen molar-refractivity contribution in [1.82, 2.24) is 0 Å². The number of fused-ring (bicyclic) bond motifs is 1. The molecule has 1 unspecified atom stereocenters. The van der Waals surface area contributed by atoms with Gasteiger partial charge in [-0.2, -0.15) is 0 Å². The van der Waals surface area contributed by atoms with Gasteiger partial charge in [0.1, 0.15) is 0 Å². The average Bonchev–Trinajstić information content (AvgIpc) is 3.12. The molecule has 0 saturated heterocycles. The zero-order valence-electron chi connectivity index (χ0n) is 10.6. The molecule has 3 rings (SSSR count). The van der Waals surface area contributed by atoms with Crippen LogP contribution in [0.5, 0.6) is 0 Å². The fraction of sp³-hybridized carbons (Fsp3) is 0.600. The lowest BCUT2D eigenvalue weighted by Crippen LogP contribution is -2.27. The fourth-order valence-electron chi connectivity index (χ4n) is 2.80. The number of aryl methyl sites for hydroxylation is 1. The monoisotopic (exact) mass is 293 g/mol. The topological polar surface area (TPSA) is 12.0 Å². The third-order valence-electron chi connectivity index (χ3n) is 4.11. The maximum absolute atomic E-state index is 3.75. The van der Waals surface area contributed by atoms with Gasteiger partial charge in [-0.1, -0.05) is 19.9 Å². The van der Waals surface area contributed by atoms with Gasteiger partial charge in [-0.25, -0.2) is 0 Å². The van der Waals surface area contributed by atoms with Gasteiger partial charge < -0.3 is 5.32 Å². The van der Waals surface area contributed by atoms with Crippen molar-refractivity contribution < 1.29 is 0 Å². The van der Waals surface area contributed by atoms with E-state index in [0.717, 1.165) is 12.0 Å². The van der Waals surface area contributed by atoms with Gasteiger partial charge in [0.15, 0.2) is 0 Å². The summed E-state index contributed by atoms with van der Waals surface area (Å²) in [4.78, 5) is 0. The van der Waals surface area contributed by atoms with Gasteiger partial charge in [-0.3, -0.25) is 0 Å². The van der Waals surface area contributed by atoms with Crippen LogP contribution in [0.3, 0.4) is 0 Å². The second-order valence-electron chi connectivity index (χ2n) is 5.82. The molecule has 0 amide bonds. The van der Waals surface area contributed by atoms with Crippen LogP contribution in [0.2, 0.25) is 0 Å². The van der Waals surface area contributed by atoms with E-state index in [1.165, 1.54) is 47.0 Å². The molecule has 1 aliphatic carbocycles. The Hall–Kier alpha value is -0.500. The second-order valence-corrected chi connectivity index (χ2v) is 6.67. The molecular weight excluding hydrogens is 274 g/mol. The van der Waals surface area contributed by atoms with E-state index in [-0.39, 0.29) is 0 Å².